The van der Waals surface area contributed by atoms with E-state index in [1.54, 1.807) is 0 Å². The first-order chi connectivity index (χ1) is 9.08. The molecule has 1 saturated heterocycles. The summed E-state index contributed by atoms with van der Waals surface area (Å²) in [4.78, 5) is 2.43. The summed E-state index contributed by atoms with van der Waals surface area (Å²) in [5, 5.41) is 10.2. The number of aromatic nitrogens is 1. The molecule has 1 fully saturated rings. The van der Waals surface area contributed by atoms with Gasteiger partial charge in [0.05, 0.1) is 6.10 Å². The lowest BCUT2D eigenvalue weighted by atomic mass is 9.91. The molecule has 3 rings (SSSR count). The highest BCUT2D eigenvalue weighted by atomic mass is 16.3. The smallest absolute Gasteiger partial charge is 0.0807 e. The van der Waals surface area contributed by atoms with Crippen LogP contribution in [0, 0.1) is 12.8 Å². The van der Waals surface area contributed by atoms with Crippen molar-refractivity contribution in [3.8, 4) is 0 Å². The van der Waals surface area contributed by atoms with Crippen LogP contribution >= 0.6 is 0 Å². The Morgan fingerprint density at radius 1 is 1.32 bits per heavy atom. The molecular formula is C16H26N2O. The third-order valence-electron chi connectivity index (χ3n) is 5.01. The van der Waals surface area contributed by atoms with Gasteiger partial charge in [0.1, 0.15) is 0 Å². The molecule has 1 N–H and O–H groups in total. The molecule has 0 saturated carbocycles. The van der Waals surface area contributed by atoms with E-state index in [9.17, 15) is 5.11 Å². The maximum Gasteiger partial charge on any atom is 0.0807 e. The van der Waals surface area contributed by atoms with Crippen LogP contribution in [0.25, 0.3) is 0 Å². The van der Waals surface area contributed by atoms with Gasteiger partial charge in [0.2, 0.25) is 0 Å². The molecule has 3 nitrogen and oxygen atoms in total. The Morgan fingerprint density at radius 2 is 2.11 bits per heavy atom. The van der Waals surface area contributed by atoms with Crippen molar-refractivity contribution < 1.29 is 5.11 Å². The predicted molar refractivity (Wildman–Crippen MR) is 77.4 cm³/mol. The van der Waals surface area contributed by atoms with Crippen molar-refractivity contribution in [2.45, 2.75) is 51.7 Å². The van der Waals surface area contributed by atoms with Crippen molar-refractivity contribution in [2.24, 2.45) is 5.92 Å². The third kappa shape index (κ3) is 2.23. The van der Waals surface area contributed by atoms with E-state index in [4.69, 9.17) is 0 Å². The zero-order chi connectivity index (χ0) is 13.6. The normalized spacial score (nSPS) is 32.3. The number of aliphatic hydroxyl groups is 1. The van der Waals surface area contributed by atoms with Crippen LogP contribution in [0.5, 0.6) is 0 Å². The molecule has 1 aliphatic heterocycles. The van der Waals surface area contributed by atoms with Crippen LogP contribution in [0.4, 0.5) is 0 Å². The van der Waals surface area contributed by atoms with E-state index in [2.05, 4.69) is 36.4 Å². The van der Waals surface area contributed by atoms with Crippen molar-refractivity contribution in [3.05, 3.63) is 23.0 Å². The quantitative estimate of drug-likeness (QED) is 0.843. The van der Waals surface area contributed by atoms with E-state index in [0.29, 0.717) is 12.0 Å². The summed E-state index contributed by atoms with van der Waals surface area (Å²) >= 11 is 0. The molecule has 0 bridgehead atoms. The van der Waals surface area contributed by atoms with E-state index in [-0.39, 0.29) is 6.10 Å². The van der Waals surface area contributed by atoms with E-state index in [1.807, 2.05) is 0 Å². The summed E-state index contributed by atoms with van der Waals surface area (Å²) in [7, 11) is 2.22. The summed E-state index contributed by atoms with van der Waals surface area (Å²) in [6, 6.07) is 2.84. The molecule has 0 spiro atoms. The summed E-state index contributed by atoms with van der Waals surface area (Å²) in [5.74, 6) is 0.688. The van der Waals surface area contributed by atoms with E-state index in [0.717, 1.165) is 19.3 Å². The maximum atomic E-state index is 10.2. The number of aryl methyl sites for hydroxylation is 1. The van der Waals surface area contributed by atoms with Gasteiger partial charge in [0.15, 0.2) is 0 Å². The molecule has 1 aromatic heterocycles. The fourth-order valence-corrected chi connectivity index (χ4v) is 4.09. The monoisotopic (exact) mass is 262 g/mol. The molecular weight excluding hydrogens is 236 g/mol. The average molecular weight is 262 g/mol. The molecule has 1 aromatic rings. The van der Waals surface area contributed by atoms with E-state index >= 15 is 0 Å². The van der Waals surface area contributed by atoms with Gasteiger partial charge in [0, 0.05) is 29.5 Å². The summed E-state index contributed by atoms with van der Waals surface area (Å²) < 4.78 is 2.55. The minimum absolute atomic E-state index is 0.231. The van der Waals surface area contributed by atoms with Gasteiger partial charge in [-0.1, -0.05) is 6.92 Å². The number of piperidine rings is 1. The van der Waals surface area contributed by atoms with Gasteiger partial charge in [-0.3, -0.25) is 0 Å². The Labute approximate surface area is 116 Å². The van der Waals surface area contributed by atoms with E-state index < -0.39 is 0 Å². The van der Waals surface area contributed by atoms with Gasteiger partial charge < -0.3 is 14.6 Å². The van der Waals surface area contributed by atoms with Crippen molar-refractivity contribution in [3.63, 3.8) is 0 Å². The van der Waals surface area contributed by atoms with Gasteiger partial charge in [-0.15, -0.1) is 0 Å². The highest BCUT2D eigenvalue weighted by molar-refractivity contribution is 5.32. The lowest BCUT2D eigenvalue weighted by Crippen LogP contribution is -2.38. The predicted octanol–water partition coefficient (Wildman–Crippen LogP) is 2.68. The molecule has 2 aliphatic rings. The van der Waals surface area contributed by atoms with Crippen molar-refractivity contribution >= 4 is 0 Å². The van der Waals surface area contributed by atoms with Crippen LogP contribution < -0.4 is 0 Å². The number of fused-ring (bicyclic) bond motifs is 1. The minimum atomic E-state index is -0.231. The molecule has 1 aliphatic carbocycles. The van der Waals surface area contributed by atoms with Crippen LogP contribution in [-0.2, 0) is 6.42 Å². The van der Waals surface area contributed by atoms with Crippen molar-refractivity contribution in [2.75, 3.05) is 20.1 Å². The Kier molecular flexibility index (Phi) is 3.44. The second kappa shape index (κ2) is 4.95. The lowest BCUT2D eigenvalue weighted by molar-refractivity contribution is 0.144. The number of rotatable bonds is 1. The minimum Gasteiger partial charge on any atom is -0.388 e. The number of aliphatic hydroxyl groups excluding tert-OH is 1. The second-order valence-electron chi connectivity index (χ2n) is 6.56. The molecule has 3 atom stereocenters. The van der Waals surface area contributed by atoms with E-state index in [1.165, 1.54) is 36.5 Å². The van der Waals surface area contributed by atoms with Crippen LogP contribution in [-0.4, -0.2) is 34.7 Å². The molecule has 0 amide bonds. The van der Waals surface area contributed by atoms with Crippen LogP contribution in [0.2, 0.25) is 0 Å². The van der Waals surface area contributed by atoms with Crippen molar-refractivity contribution in [1.29, 1.82) is 0 Å². The van der Waals surface area contributed by atoms with Crippen LogP contribution in [0.3, 0.4) is 0 Å². The Morgan fingerprint density at radius 3 is 2.84 bits per heavy atom. The SMILES string of the molecule is Cc1cc2c(n1C1CCN(C)CC1C)CCCC2O. The molecule has 2 heterocycles. The first-order valence-corrected chi connectivity index (χ1v) is 7.65. The Hall–Kier alpha value is -0.800. The number of hydrogen-bond donors (Lipinski definition) is 1. The number of likely N-dealkylation sites (tertiary alicyclic amines) is 1. The van der Waals surface area contributed by atoms with Crippen LogP contribution in [0.1, 0.15) is 55.3 Å². The topological polar surface area (TPSA) is 28.4 Å². The molecule has 3 heteroatoms. The number of nitrogens with zero attached hydrogens (tertiary/aromatic N) is 2. The van der Waals surface area contributed by atoms with Gasteiger partial charge in [0.25, 0.3) is 0 Å². The standard InChI is InChI=1S/C16H26N2O/c1-11-10-17(3)8-7-14(11)18-12(2)9-13-15(18)5-4-6-16(13)19/h9,11,14,16,19H,4-8,10H2,1-3H3. The Bertz CT molecular complexity index is 466. The van der Waals surface area contributed by atoms with Gasteiger partial charge in [-0.05, 0) is 58.2 Å². The molecule has 19 heavy (non-hydrogen) atoms. The summed E-state index contributed by atoms with van der Waals surface area (Å²) in [5.41, 5.74) is 3.96. The molecule has 3 unspecified atom stereocenters. The highest BCUT2D eigenvalue weighted by Crippen LogP contribution is 2.37. The molecule has 0 aromatic carbocycles. The maximum absolute atomic E-state index is 10.2. The fraction of sp³-hybridized carbons (Fsp3) is 0.750. The summed E-state index contributed by atoms with van der Waals surface area (Å²) in [6.45, 7) is 6.94. The first-order valence-electron chi connectivity index (χ1n) is 7.65. The van der Waals surface area contributed by atoms with Crippen molar-refractivity contribution in [1.82, 2.24) is 9.47 Å². The van der Waals surface area contributed by atoms with Gasteiger partial charge in [-0.2, -0.15) is 0 Å². The third-order valence-corrected chi connectivity index (χ3v) is 5.01. The lowest BCUT2D eigenvalue weighted by Gasteiger charge is -2.38. The number of hydrogen-bond acceptors (Lipinski definition) is 2. The second-order valence-corrected chi connectivity index (χ2v) is 6.56. The zero-order valence-electron chi connectivity index (χ0n) is 12.4. The van der Waals surface area contributed by atoms with Crippen LogP contribution in [0.15, 0.2) is 6.07 Å². The molecule has 106 valence electrons. The zero-order valence-corrected chi connectivity index (χ0v) is 12.4. The average Bonchev–Trinajstić information content (AvgIpc) is 2.68. The highest BCUT2D eigenvalue weighted by Gasteiger charge is 2.31. The largest absolute Gasteiger partial charge is 0.388 e. The van der Waals surface area contributed by atoms with Gasteiger partial charge in [-0.25, -0.2) is 0 Å². The summed E-state index contributed by atoms with van der Waals surface area (Å²) in [6.07, 6.45) is 4.19. The Balaban J connectivity index is 1.96. The van der Waals surface area contributed by atoms with Gasteiger partial charge >= 0.3 is 0 Å². The molecule has 0 radical (unpaired) electrons. The fourth-order valence-electron chi connectivity index (χ4n) is 4.09. The first kappa shape index (κ1) is 13.2.